The van der Waals surface area contributed by atoms with Crippen LogP contribution in [0.25, 0.3) is 32.3 Å². The van der Waals surface area contributed by atoms with Gasteiger partial charge in [-0.2, -0.15) is 22.0 Å². The van der Waals surface area contributed by atoms with Crippen molar-refractivity contribution in [3.8, 4) is 0 Å². The van der Waals surface area contributed by atoms with Crippen molar-refractivity contribution in [1.82, 2.24) is 0 Å². The van der Waals surface area contributed by atoms with Gasteiger partial charge in [0.1, 0.15) is 6.42 Å². The Morgan fingerprint density at radius 3 is 1.58 bits per heavy atom. The summed E-state index contributed by atoms with van der Waals surface area (Å²) in [6.07, 6.45) is -10.6. The van der Waals surface area contributed by atoms with Gasteiger partial charge < -0.3 is 4.57 Å². The first-order valence-corrected chi connectivity index (χ1v) is 12.7. The highest BCUT2D eigenvalue weighted by molar-refractivity contribution is 7.79. The average Bonchev–Trinajstić information content (AvgIpc) is 2.80. The lowest BCUT2D eigenvalue weighted by Crippen LogP contribution is -2.38. The van der Waals surface area contributed by atoms with Gasteiger partial charge in [-0.3, -0.25) is 0 Å². The van der Waals surface area contributed by atoms with E-state index in [9.17, 15) is 26.5 Å². The fraction of sp³-hybridized carbons (Fsp3) is 0.185. The molecular formula is C27H18F7OP. The molecule has 0 aliphatic heterocycles. The quantitative estimate of drug-likeness (QED) is 0.124. The predicted octanol–water partition coefficient (Wildman–Crippen LogP) is 8.47. The second-order valence-electron chi connectivity index (χ2n) is 8.91. The van der Waals surface area contributed by atoms with Crippen molar-refractivity contribution in [1.29, 1.82) is 0 Å². The van der Waals surface area contributed by atoms with Gasteiger partial charge in [-0.05, 0) is 44.5 Å². The summed E-state index contributed by atoms with van der Waals surface area (Å²) in [4.78, 5) is 0. The Morgan fingerprint density at radius 2 is 1.06 bits per heavy atom. The number of halogens is 7. The maximum atomic E-state index is 15.7. The van der Waals surface area contributed by atoms with Crippen molar-refractivity contribution in [3.05, 3.63) is 84.9 Å². The summed E-state index contributed by atoms with van der Waals surface area (Å²) in [5.41, 5.74) is -4.66. The molecule has 0 heterocycles. The van der Waals surface area contributed by atoms with E-state index in [2.05, 4.69) is 0 Å². The molecule has 9 heteroatoms. The number of rotatable bonds is 6. The lowest BCUT2D eigenvalue weighted by Gasteiger charge is -2.31. The average molecular weight is 522 g/mol. The topological polar surface area (TPSA) is 17.1 Å². The van der Waals surface area contributed by atoms with Crippen molar-refractivity contribution in [3.63, 3.8) is 0 Å². The van der Waals surface area contributed by atoms with Crippen LogP contribution < -0.4 is 10.6 Å². The summed E-state index contributed by atoms with van der Waals surface area (Å²) >= 11 is 0. The Balaban J connectivity index is 1.74. The first-order chi connectivity index (χ1) is 16.8. The first-order valence-electron chi connectivity index (χ1n) is 11.0. The summed E-state index contributed by atoms with van der Waals surface area (Å²) in [6, 6.07) is 21.5. The van der Waals surface area contributed by atoms with Gasteiger partial charge >= 0.3 is 11.8 Å². The second kappa shape index (κ2) is 8.20. The highest BCUT2D eigenvalue weighted by Crippen LogP contribution is 2.62. The molecule has 5 aromatic rings. The van der Waals surface area contributed by atoms with Gasteiger partial charge in [-0.1, -0.05) is 72.8 Å². The summed E-state index contributed by atoms with van der Waals surface area (Å²) in [6.45, 7) is 0. The molecule has 1 atom stereocenters. The molecule has 1 unspecified atom stereocenters. The van der Waals surface area contributed by atoms with Crippen LogP contribution in [-0.2, 0) is 4.57 Å². The molecule has 0 saturated heterocycles. The van der Waals surface area contributed by atoms with Crippen LogP contribution >= 0.6 is 7.14 Å². The molecule has 0 aliphatic rings. The van der Waals surface area contributed by atoms with Crippen LogP contribution in [0.15, 0.2) is 84.9 Å². The number of hydrogen-bond acceptors (Lipinski definition) is 1. The van der Waals surface area contributed by atoms with Crippen molar-refractivity contribution in [2.24, 2.45) is 0 Å². The van der Waals surface area contributed by atoms with Crippen LogP contribution in [0.2, 0.25) is 0 Å². The molecule has 0 saturated carbocycles. The SMILES string of the molecule is O=P(c1ccccc1)(c1cc2ccc3cccc4ccc(c1)c2c34)C(F)(F)CC(F)(F)CC(F)(F)F. The third kappa shape index (κ3) is 4.11. The number of alkyl halides is 7. The zero-order chi connectivity index (χ0) is 25.9. The highest BCUT2D eigenvalue weighted by Gasteiger charge is 2.59. The Bertz CT molecular complexity index is 1550. The largest absolute Gasteiger partial charge is 0.394 e. The summed E-state index contributed by atoms with van der Waals surface area (Å²) in [5, 5.41) is 3.56. The van der Waals surface area contributed by atoms with Crippen LogP contribution in [0.3, 0.4) is 0 Å². The molecule has 0 amide bonds. The monoisotopic (exact) mass is 522 g/mol. The third-order valence-corrected chi connectivity index (χ3v) is 9.41. The second-order valence-corrected chi connectivity index (χ2v) is 11.8. The smallest absolute Gasteiger partial charge is 0.307 e. The maximum Gasteiger partial charge on any atom is 0.394 e. The molecule has 0 bridgehead atoms. The molecule has 1 nitrogen and oxygen atoms in total. The molecular weight excluding hydrogens is 504 g/mol. The minimum absolute atomic E-state index is 0.396. The molecule has 0 radical (unpaired) electrons. The number of benzene rings is 5. The van der Waals surface area contributed by atoms with Crippen molar-refractivity contribution >= 4 is 50.1 Å². The van der Waals surface area contributed by atoms with E-state index in [1.807, 2.05) is 18.2 Å². The Kier molecular flexibility index (Phi) is 5.60. The summed E-state index contributed by atoms with van der Waals surface area (Å²) in [5.74, 6) is -4.82. The van der Waals surface area contributed by atoms with Gasteiger partial charge in [0.05, 0.1) is 6.42 Å². The first kappa shape index (κ1) is 24.6. The molecule has 186 valence electrons. The maximum absolute atomic E-state index is 15.7. The fourth-order valence-corrected chi connectivity index (χ4v) is 7.60. The molecule has 5 rings (SSSR count). The van der Waals surface area contributed by atoms with Gasteiger partial charge in [-0.25, -0.2) is 8.78 Å². The molecule has 0 spiro atoms. The minimum Gasteiger partial charge on any atom is -0.307 e. The highest BCUT2D eigenvalue weighted by atomic mass is 31.2. The van der Waals surface area contributed by atoms with Crippen molar-refractivity contribution in [2.45, 2.75) is 30.6 Å². The van der Waals surface area contributed by atoms with E-state index in [0.29, 0.717) is 10.8 Å². The van der Waals surface area contributed by atoms with E-state index >= 15 is 8.78 Å². The van der Waals surface area contributed by atoms with E-state index in [0.717, 1.165) is 33.7 Å². The van der Waals surface area contributed by atoms with Crippen LogP contribution in [0.1, 0.15) is 12.8 Å². The lowest BCUT2D eigenvalue weighted by molar-refractivity contribution is -0.198. The molecule has 0 aliphatic carbocycles. The summed E-state index contributed by atoms with van der Waals surface area (Å²) in [7, 11) is -5.19. The Morgan fingerprint density at radius 1 is 0.556 bits per heavy atom. The minimum atomic E-state index is -5.37. The zero-order valence-corrected chi connectivity index (χ0v) is 19.4. The Labute approximate surface area is 201 Å². The summed E-state index contributed by atoms with van der Waals surface area (Å²) < 4.78 is 112. The predicted molar refractivity (Wildman–Crippen MR) is 129 cm³/mol. The van der Waals surface area contributed by atoms with E-state index in [-0.39, 0.29) is 0 Å². The van der Waals surface area contributed by atoms with E-state index in [4.69, 9.17) is 0 Å². The molecule has 0 fully saturated rings. The van der Waals surface area contributed by atoms with Crippen LogP contribution in [0.4, 0.5) is 30.7 Å². The van der Waals surface area contributed by atoms with E-state index < -0.39 is 48.4 Å². The van der Waals surface area contributed by atoms with Gasteiger partial charge in [0, 0.05) is 10.6 Å². The molecule has 5 aromatic carbocycles. The third-order valence-electron chi connectivity index (χ3n) is 6.32. The van der Waals surface area contributed by atoms with Crippen LogP contribution in [0, 0.1) is 0 Å². The standard InChI is InChI=1S/C27H18F7OP/c28-25(29,15-26(30,31)32)16-27(33,34)36(35,21-7-2-1-3-8-21)22-13-19-11-9-17-5-4-6-18-10-12-20(14-22)24(19)23(17)18/h1-14H,15-16H2. The molecule has 0 N–H and O–H groups in total. The van der Waals surface area contributed by atoms with Crippen molar-refractivity contribution in [2.75, 3.05) is 0 Å². The van der Waals surface area contributed by atoms with Gasteiger partial charge in [0.2, 0.25) is 7.14 Å². The molecule has 36 heavy (non-hydrogen) atoms. The van der Waals surface area contributed by atoms with Gasteiger partial charge in [0.25, 0.3) is 5.92 Å². The van der Waals surface area contributed by atoms with Crippen LogP contribution in [0.5, 0.6) is 0 Å². The van der Waals surface area contributed by atoms with Gasteiger partial charge in [-0.15, -0.1) is 0 Å². The lowest BCUT2D eigenvalue weighted by atomic mass is 9.94. The Hall–Kier alpha value is -3.12. The van der Waals surface area contributed by atoms with Gasteiger partial charge in [0.15, 0.2) is 0 Å². The zero-order valence-electron chi connectivity index (χ0n) is 18.5. The van der Waals surface area contributed by atoms with E-state index in [1.165, 1.54) is 30.3 Å². The van der Waals surface area contributed by atoms with Crippen LogP contribution in [-0.4, -0.2) is 17.8 Å². The molecule has 0 aromatic heterocycles. The van der Waals surface area contributed by atoms with E-state index in [1.54, 1.807) is 24.3 Å². The van der Waals surface area contributed by atoms with Crippen molar-refractivity contribution < 1.29 is 35.3 Å². The normalized spacial score (nSPS) is 15.1. The fourth-order valence-electron chi connectivity index (χ4n) is 4.86. The number of hydrogen-bond donors (Lipinski definition) is 0.